The number of nitrogens with one attached hydrogen (secondary N) is 1. The first-order valence-electron chi connectivity index (χ1n) is 7.78. The van der Waals surface area contributed by atoms with Crippen LogP contribution in [0.2, 0.25) is 0 Å². The van der Waals surface area contributed by atoms with Crippen molar-refractivity contribution in [3.8, 4) is 6.07 Å². The molecule has 4 heteroatoms. The van der Waals surface area contributed by atoms with Crippen molar-refractivity contribution in [1.82, 2.24) is 4.90 Å². The van der Waals surface area contributed by atoms with E-state index in [2.05, 4.69) is 11.4 Å². The van der Waals surface area contributed by atoms with Crippen molar-refractivity contribution < 1.29 is 4.79 Å². The normalized spacial score (nSPS) is 15.2. The van der Waals surface area contributed by atoms with Gasteiger partial charge >= 0.3 is 0 Å². The van der Waals surface area contributed by atoms with Crippen LogP contribution in [-0.2, 0) is 4.79 Å². The lowest BCUT2D eigenvalue weighted by Crippen LogP contribution is -2.43. The zero-order valence-corrected chi connectivity index (χ0v) is 12.6. The lowest BCUT2D eigenvalue weighted by molar-refractivity contribution is -0.132. The van der Waals surface area contributed by atoms with E-state index in [0.717, 1.165) is 25.1 Å². The van der Waals surface area contributed by atoms with E-state index in [4.69, 9.17) is 5.26 Å². The summed E-state index contributed by atoms with van der Waals surface area (Å²) in [5.74, 6) is 0.161. The van der Waals surface area contributed by atoms with Crippen LogP contribution in [0.4, 0.5) is 5.69 Å². The van der Waals surface area contributed by atoms with Crippen LogP contribution in [0, 0.1) is 11.3 Å². The number of carbonyl (C=O) groups is 1. The average molecular weight is 285 g/mol. The van der Waals surface area contributed by atoms with E-state index in [1.807, 2.05) is 24.0 Å². The highest BCUT2D eigenvalue weighted by atomic mass is 16.2. The molecule has 1 aliphatic rings. The van der Waals surface area contributed by atoms with Gasteiger partial charge in [-0.25, -0.2) is 0 Å². The molecule has 112 valence electrons. The third-order valence-corrected chi connectivity index (χ3v) is 4.13. The fourth-order valence-corrected chi connectivity index (χ4v) is 2.97. The maximum Gasteiger partial charge on any atom is 0.242 e. The van der Waals surface area contributed by atoms with E-state index in [1.54, 1.807) is 12.1 Å². The average Bonchev–Trinajstić information content (AvgIpc) is 2.55. The largest absolute Gasteiger partial charge is 0.376 e. The van der Waals surface area contributed by atoms with Crippen LogP contribution in [0.25, 0.3) is 0 Å². The Morgan fingerprint density at radius 1 is 1.29 bits per heavy atom. The Labute approximate surface area is 126 Å². The Bertz CT molecular complexity index is 498. The Morgan fingerprint density at radius 2 is 1.95 bits per heavy atom. The molecule has 0 atom stereocenters. The molecule has 21 heavy (non-hydrogen) atoms. The number of carbonyl (C=O) groups excluding carboxylic acids is 1. The molecule has 0 spiro atoms. The van der Waals surface area contributed by atoms with E-state index >= 15 is 0 Å². The molecule has 0 aromatic heterocycles. The number of nitrogens with zero attached hydrogens (tertiary/aromatic N) is 2. The fourth-order valence-electron chi connectivity index (χ4n) is 2.97. The Kier molecular flexibility index (Phi) is 5.62. The van der Waals surface area contributed by atoms with Gasteiger partial charge in [0.15, 0.2) is 0 Å². The quantitative estimate of drug-likeness (QED) is 0.904. The zero-order valence-electron chi connectivity index (χ0n) is 12.6. The van der Waals surface area contributed by atoms with Gasteiger partial charge in [0.1, 0.15) is 0 Å². The van der Waals surface area contributed by atoms with Crippen molar-refractivity contribution >= 4 is 11.6 Å². The molecule has 0 saturated heterocycles. The first-order chi connectivity index (χ1) is 10.2. The van der Waals surface area contributed by atoms with E-state index in [1.165, 1.54) is 19.3 Å². The molecular weight excluding hydrogens is 262 g/mol. The van der Waals surface area contributed by atoms with Gasteiger partial charge in [0.25, 0.3) is 0 Å². The number of hydrogen-bond acceptors (Lipinski definition) is 3. The zero-order chi connectivity index (χ0) is 15.1. The fraction of sp³-hybridized carbons (Fsp3) is 0.529. The van der Waals surface area contributed by atoms with Gasteiger partial charge in [-0.1, -0.05) is 19.3 Å². The predicted molar refractivity (Wildman–Crippen MR) is 83.9 cm³/mol. The third kappa shape index (κ3) is 4.22. The Balaban J connectivity index is 1.88. The van der Waals surface area contributed by atoms with Crippen molar-refractivity contribution in [2.45, 2.75) is 45.1 Å². The summed E-state index contributed by atoms with van der Waals surface area (Å²) in [4.78, 5) is 14.4. The smallest absolute Gasteiger partial charge is 0.242 e. The van der Waals surface area contributed by atoms with E-state index in [0.29, 0.717) is 18.2 Å². The van der Waals surface area contributed by atoms with Crippen molar-refractivity contribution in [1.29, 1.82) is 5.26 Å². The highest BCUT2D eigenvalue weighted by Crippen LogP contribution is 2.22. The van der Waals surface area contributed by atoms with Crippen LogP contribution < -0.4 is 5.32 Å². The third-order valence-electron chi connectivity index (χ3n) is 4.13. The molecular formula is C17H23N3O. The molecule has 4 nitrogen and oxygen atoms in total. The van der Waals surface area contributed by atoms with Gasteiger partial charge in [-0.05, 0) is 44.0 Å². The van der Waals surface area contributed by atoms with Crippen LogP contribution in [0.3, 0.4) is 0 Å². The number of benzene rings is 1. The van der Waals surface area contributed by atoms with Gasteiger partial charge in [0, 0.05) is 18.3 Å². The monoisotopic (exact) mass is 285 g/mol. The molecule has 1 N–H and O–H groups in total. The number of rotatable bonds is 5. The summed E-state index contributed by atoms with van der Waals surface area (Å²) >= 11 is 0. The molecule has 1 aromatic carbocycles. The highest BCUT2D eigenvalue weighted by Gasteiger charge is 2.23. The maximum atomic E-state index is 12.4. The molecule has 1 aromatic rings. The lowest BCUT2D eigenvalue weighted by Gasteiger charge is -2.33. The van der Waals surface area contributed by atoms with Crippen molar-refractivity contribution in [3.63, 3.8) is 0 Å². The molecule has 1 fully saturated rings. The van der Waals surface area contributed by atoms with E-state index in [-0.39, 0.29) is 5.91 Å². The van der Waals surface area contributed by atoms with Crippen molar-refractivity contribution in [2.24, 2.45) is 0 Å². The van der Waals surface area contributed by atoms with E-state index < -0.39 is 0 Å². The Hall–Kier alpha value is -2.02. The minimum absolute atomic E-state index is 0.161. The topological polar surface area (TPSA) is 56.1 Å². The van der Waals surface area contributed by atoms with Gasteiger partial charge in [-0.2, -0.15) is 5.26 Å². The van der Waals surface area contributed by atoms with Crippen LogP contribution in [0.1, 0.15) is 44.6 Å². The van der Waals surface area contributed by atoms with Gasteiger partial charge in [-0.3, -0.25) is 4.79 Å². The number of likely N-dealkylation sites (N-methyl/N-ethyl adjacent to an activating group) is 1. The summed E-state index contributed by atoms with van der Waals surface area (Å²) in [6.07, 6.45) is 6.04. The Morgan fingerprint density at radius 3 is 2.52 bits per heavy atom. The van der Waals surface area contributed by atoms with Crippen LogP contribution in [0.15, 0.2) is 24.3 Å². The minimum atomic E-state index is 0.161. The molecule has 0 aliphatic heterocycles. The molecule has 0 bridgehead atoms. The molecule has 2 rings (SSSR count). The number of hydrogen-bond donors (Lipinski definition) is 1. The second-order valence-electron chi connectivity index (χ2n) is 5.51. The molecule has 0 unspecified atom stereocenters. The summed E-state index contributed by atoms with van der Waals surface area (Å²) in [6, 6.07) is 9.69. The van der Waals surface area contributed by atoms with Gasteiger partial charge in [-0.15, -0.1) is 0 Å². The second kappa shape index (κ2) is 7.68. The van der Waals surface area contributed by atoms with E-state index in [9.17, 15) is 4.79 Å². The first-order valence-corrected chi connectivity index (χ1v) is 7.78. The molecule has 0 radical (unpaired) electrons. The summed E-state index contributed by atoms with van der Waals surface area (Å²) in [5.41, 5.74) is 1.51. The highest BCUT2D eigenvalue weighted by molar-refractivity contribution is 5.81. The number of anilines is 1. The van der Waals surface area contributed by atoms with Crippen LogP contribution >= 0.6 is 0 Å². The number of nitriles is 1. The lowest BCUT2D eigenvalue weighted by atomic mass is 9.94. The summed E-state index contributed by atoms with van der Waals surface area (Å²) in [6.45, 7) is 3.14. The predicted octanol–water partition coefficient (Wildman–Crippen LogP) is 3.15. The molecule has 1 amide bonds. The van der Waals surface area contributed by atoms with Gasteiger partial charge in [0.05, 0.1) is 18.2 Å². The molecule has 1 saturated carbocycles. The summed E-state index contributed by atoms with van der Waals surface area (Å²) in [7, 11) is 0. The van der Waals surface area contributed by atoms with Crippen LogP contribution in [-0.4, -0.2) is 29.9 Å². The van der Waals surface area contributed by atoms with Gasteiger partial charge in [0.2, 0.25) is 5.91 Å². The summed E-state index contributed by atoms with van der Waals surface area (Å²) < 4.78 is 0. The summed E-state index contributed by atoms with van der Waals surface area (Å²) in [5, 5.41) is 11.9. The van der Waals surface area contributed by atoms with Crippen LogP contribution in [0.5, 0.6) is 0 Å². The molecule has 1 aliphatic carbocycles. The van der Waals surface area contributed by atoms with Gasteiger partial charge < -0.3 is 10.2 Å². The first kappa shape index (κ1) is 15.4. The maximum absolute atomic E-state index is 12.4. The second-order valence-corrected chi connectivity index (χ2v) is 5.51. The van der Waals surface area contributed by atoms with Crippen molar-refractivity contribution in [3.05, 3.63) is 29.8 Å². The minimum Gasteiger partial charge on any atom is -0.376 e. The number of amides is 1. The molecule has 0 heterocycles. The SMILES string of the molecule is CCN(C(=O)CNc1ccc(C#N)cc1)C1CCCCC1. The van der Waals surface area contributed by atoms with Crippen molar-refractivity contribution in [2.75, 3.05) is 18.4 Å². The standard InChI is InChI=1S/C17H23N3O/c1-2-20(16-6-4-3-5-7-16)17(21)13-19-15-10-8-14(12-18)9-11-15/h8-11,16,19H,2-7,13H2,1H3.